The topological polar surface area (TPSA) is 106 Å². The molecule has 3 N–H and O–H groups in total. The third-order valence-electron chi connectivity index (χ3n) is 6.90. The molecule has 9 heteroatoms. The number of nitrogens with two attached hydrogens (primary N) is 1. The van der Waals surface area contributed by atoms with Crippen molar-refractivity contribution < 1.29 is 18.7 Å². The molecule has 1 aliphatic carbocycles. The molecule has 1 fully saturated rings. The first-order valence-corrected chi connectivity index (χ1v) is 11.8. The SMILES string of the molecule is CC1=C(C(=O)N2CCC(c3c[nH]n4c(C(N)=O)c(-c5ccc(Oc6ccc(F)cc6)cc5)nc34)C2)C1. The van der Waals surface area contributed by atoms with Gasteiger partial charge in [0.25, 0.3) is 5.91 Å². The number of ether oxygens (including phenoxy) is 1. The highest BCUT2D eigenvalue weighted by Gasteiger charge is 2.35. The molecule has 2 aliphatic rings. The Balaban J connectivity index is 1.28. The summed E-state index contributed by atoms with van der Waals surface area (Å²) >= 11 is 0. The summed E-state index contributed by atoms with van der Waals surface area (Å²) in [6.07, 6.45) is 3.49. The lowest BCUT2D eigenvalue weighted by molar-refractivity contribution is -0.125. The summed E-state index contributed by atoms with van der Waals surface area (Å²) in [6.45, 7) is 3.31. The van der Waals surface area contributed by atoms with E-state index in [0.29, 0.717) is 41.5 Å². The Bertz CT molecular complexity index is 1530. The minimum Gasteiger partial charge on any atom is -0.457 e. The van der Waals surface area contributed by atoms with E-state index in [2.05, 4.69) is 5.10 Å². The van der Waals surface area contributed by atoms with Crippen molar-refractivity contribution in [2.24, 2.45) is 5.73 Å². The van der Waals surface area contributed by atoms with E-state index in [0.717, 1.165) is 24.0 Å². The zero-order chi connectivity index (χ0) is 25.0. The van der Waals surface area contributed by atoms with Crippen molar-refractivity contribution in [1.82, 2.24) is 19.5 Å². The van der Waals surface area contributed by atoms with Gasteiger partial charge in [-0.1, -0.05) is 5.57 Å². The number of benzene rings is 2. The monoisotopic (exact) mass is 485 g/mol. The summed E-state index contributed by atoms with van der Waals surface area (Å²) in [4.78, 5) is 31.8. The number of nitrogens with one attached hydrogen (secondary N) is 1. The van der Waals surface area contributed by atoms with E-state index in [1.54, 1.807) is 40.9 Å². The average molecular weight is 486 g/mol. The highest BCUT2D eigenvalue weighted by atomic mass is 19.1. The van der Waals surface area contributed by atoms with E-state index in [9.17, 15) is 14.0 Å². The average Bonchev–Trinajstić information content (AvgIpc) is 3.23. The number of fused-ring (bicyclic) bond motifs is 1. The Morgan fingerprint density at radius 1 is 1.11 bits per heavy atom. The van der Waals surface area contributed by atoms with Gasteiger partial charge in [0.2, 0.25) is 5.91 Å². The van der Waals surface area contributed by atoms with Crippen LogP contribution in [0.1, 0.15) is 41.7 Å². The van der Waals surface area contributed by atoms with E-state index in [1.807, 2.05) is 18.0 Å². The molecule has 0 saturated carbocycles. The number of halogens is 1. The summed E-state index contributed by atoms with van der Waals surface area (Å²) < 4.78 is 20.5. The van der Waals surface area contributed by atoms with Gasteiger partial charge in [0.15, 0.2) is 11.3 Å². The minimum atomic E-state index is -0.600. The number of aromatic amines is 1. The molecule has 1 atom stereocenters. The highest BCUT2D eigenvalue weighted by molar-refractivity contribution is 5.99. The van der Waals surface area contributed by atoms with Crippen molar-refractivity contribution >= 4 is 17.5 Å². The summed E-state index contributed by atoms with van der Waals surface area (Å²) in [5.74, 6) is 0.388. The predicted molar refractivity (Wildman–Crippen MR) is 131 cm³/mol. The fraction of sp³-hybridized carbons (Fsp3) is 0.222. The first-order chi connectivity index (χ1) is 17.4. The zero-order valence-electron chi connectivity index (χ0n) is 19.6. The number of imidazole rings is 1. The number of likely N-dealkylation sites (tertiary alicyclic amines) is 1. The van der Waals surface area contributed by atoms with Gasteiger partial charge in [0.1, 0.15) is 23.0 Å². The van der Waals surface area contributed by atoms with Gasteiger partial charge in [-0.2, -0.15) is 0 Å². The first-order valence-electron chi connectivity index (χ1n) is 11.8. The van der Waals surface area contributed by atoms with Crippen molar-refractivity contribution in [3.8, 4) is 22.8 Å². The number of carbonyl (C=O) groups excluding carboxylic acids is 2. The molecule has 6 rings (SSSR count). The molecule has 0 bridgehead atoms. The first kappa shape index (κ1) is 22.1. The molecular formula is C27H24FN5O3. The van der Waals surface area contributed by atoms with Crippen LogP contribution in [0.5, 0.6) is 11.5 Å². The van der Waals surface area contributed by atoms with E-state index in [1.165, 1.54) is 17.7 Å². The minimum absolute atomic E-state index is 0.116. The Kier molecular flexibility index (Phi) is 5.13. The maximum absolute atomic E-state index is 13.1. The maximum Gasteiger partial charge on any atom is 0.269 e. The standard InChI is InChI=1S/C27H24FN5O3/c1-15-12-21(15)27(35)32-11-10-17(14-32)22-13-30-33-24(25(29)34)23(31-26(22)33)16-2-6-19(7-3-16)36-20-8-4-18(28)5-9-20/h2-9,13,17,30H,10-12,14H2,1H3,(H2,29,34). The van der Waals surface area contributed by atoms with Crippen LogP contribution in [0.25, 0.3) is 16.9 Å². The van der Waals surface area contributed by atoms with Gasteiger partial charge in [-0.05, 0) is 68.3 Å². The van der Waals surface area contributed by atoms with Gasteiger partial charge in [-0.25, -0.2) is 13.9 Å². The van der Waals surface area contributed by atoms with Crippen LogP contribution in [0.3, 0.4) is 0 Å². The third-order valence-corrected chi connectivity index (χ3v) is 6.90. The second-order valence-corrected chi connectivity index (χ2v) is 9.31. The molecule has 1 aliphatic heterocycles. The zero-order valence-corrected chi connectivity index (χ0v) is 19.6. The van der Waals surface area contributed by atoms with Crippen LogP contribution < -0.4 is 10.5 Å². The number of primary amides is 1. The van der Waals surface area contributed by atoms with Crippen molar-refractivity contribution in [1.29, 1.82) is 0 Å². The van der Waals surface area contributed by atoms with E-state index in [4.69, 9.17) is 15.5 Å². The number of hydrogen-bond acceptors (Lipinski definition) is 4. The number of H-pyrrole nitrogens is 1. The molecule has 8 nitrogen and oxygen atoms in total. The van der Waals surface area contributed by atoms with Crippen LogP contribution >= 0.6 is 0 Å². The Hall–Kier alpha value is -4.40. The van der Waals surface area contributed by atoms with Crippen molar-refractivity contribution in [2.75, 3.05) is 13.1 Å². The molecular weight excluding hydrogens is 461 g/mol. The summed E-state index contributed by atoms with van der Waals surface area (Å²) in [5.41, 5.74) is 10.9. The van der Waals surface area contributed by atoms with E-state index in [-0.39, 0.29) is 23.3 Å². The molecule has 4 aromatic rings. The third kappa shape index (κ3) is 3.82. The van der Waals surface area contributed by atoms with Crippen LogP contribution in [0, 0.1) is 5.82 Å². The predicted octanol–water partition coefficient (Wildman–Crippen LogP) is 4.40. The van der Waals surface area contributed by atoms with Crippen LogP contribution in [0.2, 0.25) is 0 Å². The summed E-state index contributed by atoms with van der Waals surface area (Å²) in [6, 6.07) is 12.9. The lowest BCUT2D eigenvalue weighted by Crippen LogP contribution is -2.27. The number of hydrogen-bond donors (Lipinski definition) is 2. The Labute approximate surface area is 206 Å². The second-order valence-electron chi connectivity index (χ2n) is 9.31. The van der Waals surface area contributed by atoms with E-state index >= 15 is 0 Å². The van der Waals surface area contributed by atoms with Crippen LogP contribution in [0.4, 0.5) is 4.39 Å². The molecule has 2 amide bonds. The van der Waals surface area contributed by atoms with Gasteiger partial charge in [0.05, 0.1) is 0 Å². The van der Waals surface area contributed by atoms with Gasteiger partial charge in [-0.15, -0.1) is 0 Å². The molecule has 182 valence electrons. The fourth-order valence-electron chi connectivity index (χ4n) is 4.86. The number of amides is 2. The van der Waals surface area contributed by atoms with Crippen LogP contribution in [-0.2, 0) is 4.79 Å². The molecule has 0 radical (unpaired) electrons. The van der Waals surface area contributed by atoms with Gasteiger partial charge in [-0.3, -0.25) is 14.7 Å². The molecule has 1 saturated heterocycles. The molecule has 3 heterocycles. The van der Waals surface area contributed by atoms with E-state index < -0.39 is 5.91 Å². The van der Waals surface area contributed by atoms with Crippen molar-refractivity contribution in [3.63, 3.8) is 0 Å². The normalized spacial score (nSPS) is 17.2. The largest absolute Gasteiger partial charge is 0.457 e. The number of nitrogens with zero attached hydrogens (tertiary/aromatic N) is 3. The molecule has 36 heavy (non-hydrogen) atoms. The summed E-state index contributed by atoms with van der Waals surface area (Å²) in [7, 11) is 0. The molecule has 1 unspecified atom stereocenters. The van der Waals surface area contributed by atoms with Crippen molar-refractivity contribution in [3.05, 3.63) is 82.9 Å². The van der Waals surface area contributed by atoms with Crippen LogP contribution in [-0.4, -0.2) is 44.4 Å². The fourth-order valence-corrected chi connectivity index (χ4v) is 4.86. The number of aromatic nitrogens is 3. The van der Waals surface area contributed by atoms with Crippen LogP contribution in [0.15, 0.2) is 65.9 Å². The highest BCUT2D eigenvalue weighted by Crippen LogP contribution is 2.37. The van der Waals surface area contributed by atoms with Gasteiger partial charge in [0, 0.05) is 41.9 Å². The maximum atomic E-state index is 13.1. The Morgan fingerprint density at radius 3 is 2.42 bits per heavy atom. The second kappa shape index (κ2) is 8.37. The van der Waals surface area contributed by atoms with Gasteiger partial charge < -0.3 is 15.4 Å². The number of carbonyl (C=O) groups is 2. The lowest BCUT2D eigenvalue weighted by Gasteiger charge is -2.14. The number of allylic oxidation sites excluding steroid dienone is 1. The quantitative estimate of drug-likeness (QED) is 0.422. The number of rotatable bonds is 6. The molecule has 0 spiro atoms. The molecule has 2 aromatic heterocycles. The summed E-state index contributed by atoms with van der Waals surface area (Å²) in [5, 5.41) is 3.13. The lowest BCUT2D eigenvalue weighted by atomic mass is 10.0. The Morgan fingerprint density at radius 2 is 1.78 bits per heavy atom. The smallest absolute Gasteiger partial charge is 0.269 e. The van der Waals surface area contributed by atoms with Crippen molar-refractivity contribution in [2.45, 2.75) is 25.7 Å². The van der Waals surface area contributed by atoms with Gasteiger partial charge >= 0.3 is 0 Å². The molecule has 2 aromatic carbocycles.